The molecule has 1 aromatic carbocycles. The average Bonchev–Trinajstić information content (AvgIpc) is 3.00. The molecule has 0 spiro atoms. The summed E-state index contributed by atoms with van der Waals surface area (Å²) in [4.78, 5) is 47.3. The molecule has 0 bridgehead atoms. The molecule has 2 fully saturated rings. The Labute approximate surface area is 183 Å². The van der Waals surface area contributed by atoms with Gasteiger partial charge in [0, 0.05) is 38.3 Å². The second-order valence-electron chi connectivity index (χ2n) is 8.60. The number of imide groups is 1. The summed E-state index contributed by atoms with van der Waals surface area (Å²) in [6, 6.07) is 13.0. The van der Waals surface area contributed by atoms with Gasteiger partial charge < -0.3 is 4.90 Å². The quantitative estimate of drug-likeness (QED) is 0.696. The summed E-state index contributed by atoms with van der Waals surface area (Å²) in [6.07, 6.45) is 8.83. The average molecular weight is 420 g/mol. The molecule has 4 rings (SSSR count). The van der Waals surface area contributed by atoms with Gasteiger partial charge in [-0.05, 0) is 30.0 Å². The van der Waals surface area contributed by atoms with Crippen molar-refractivity contribution in [3.05, 3.63) is 66.0 Å². The van der Waals surface area contributed by atoms with Crippen LogP contribution in [0.2, 0.25) is 0 Å². The van der Waals surface area contributed by atoms with Crippen molar-refractivity contribution in [3.8, 4) is 0 Å². The highest BCUT2D eigenvalue weighted by Crippen LogP contribution is 2.41. The predicted molar refractivity (Wildman–Crippen MR) is 117 cm³/mol. The van der Waals surface area contributed by atoms with Crippen LogP contribution in [0.4, 0.5) is 0 Å². The van der Waals surface area contributed by atoms with Gasteiger partial charge in [0.05, 0.1) is 12.0 Å². The molecule has 3 amide bonds. The summed E-state index contributed by atoms with van der Waals surface area (Å²) in [5.74, 6) is -0.554. The first-order valence-electron chi connectivity index (χ1n) is 11.2. The number of carbonyl (C=O) groups excluding carboxylic acids is 3. The van der Waals surface area contributed by atoms with Gasteiger partial charge in [0.2, 0.25) is 17.7 Å². The number of carbonyl (C=O) groups is 3. The molecule has 1 aromatic heterocycles. The Balaban J connectivity index is 1.62. The highest BCUT2D eigenvalue weighted by molar-refractivity contribution is 6.10. The van der Waals surface area contributed by atoms with E-state index in [1.165, 1.54) is 11.3 Å². The van der Waals surface area contributed by atoms with Gasteiger partial charge in [-0.15, -0.1) is 0 Å². The molecule has 0 unspecified atom stereocenters. The Morgan fingerprint density at radius 3 is 2.32 bits per heavy atom. The highest BCUT2D eigenvalue weighted by atomic mass is 16.2. The minimum absolute atomic E-state index is 0.0235. The van der Waals surface area contributed by atoms with Crippen molar-refractivity contribution in [2.75, 3.05) is 13.1 Å². The summed E-state index contributed by atoms with van der Waals surface area (Å²) in [6.45, 7) is 1.63. The Morgan fingerprint density at radius 1 is 0.935 bits per heavy atom. The zero-order valence-corrected chi connectivity index (χ0v) is 17.8. The molecule has 2 aliphatic rings. The highest BCUT2D eigenvalue weighted by Gasteiger charge is 2.54. The molecule has 6 nitrogen and oxygen atoms in total. The monoisotopic (exact) mass is 419 g/mol. The second kappa shape index (κ2) is 9.41. The lowest BCUT2D eigenvalue weighted by Gasteiger charge is -2.31. The first-order valence-corrected chi connectivity index (χ1v) is 11.2. The van der Waals surface area contributed by atoms with Gasteiger partial charge in [-0.25, -0.2) is 0 Å². The SMILES string of the molecule is O=C(C[C@@]1(c2ccccc2)CC(=O)N(Cc2cccnc2)C1=O)N1CCCCCCC1. The van der Waals surface area contributed by atoms with Gasteiger partial charge in [0.25, 0.3) is 0 Å². The molecule has 1 atom stereocenters. The van der Waals surface area contributed by atoms with Crippen LogP contribution in [0.15, 0.2) is 54.9 Å². The first kappa shape index (κ1) is 21.2. The van der Waals surface area contributed by atoms with Crippen LogP contribution in [-0.4, -0.2) is 45.6 Å². The van der Waals surface area contributed by atoms with Gasteiger partial charge in [0.15, 0.2) is 0 Å². The Bertz CT molecular complexity index is 924. The van der Waals surface area contributed by atoms with Crippen molar-refractivity contribution in [2.24, 2.45) is 0 Å². The molecule has 0 N–H and O–H groups in total. The van der Waals surface area contributed by atoms with Crippen molar-refractivity contribution in [2.45, 2.75) is 56.9 Å². The Morgan fingerprint density at radius 2 is 1.65 bits per heavy atom. The smallest absolute Gasteiger partial charge is 0.241 e. The molecule has 2 saturated heterocycles. The fourth-order valence-electron chi connectivity index (χ4n) is 4.72. The van der Waals surface area contributed by atoms with E-state index in [0.717, 1.165) is 49.9 Å². The molecule has 3 heterocycles. The van der Waals surface area contributed by atoms with E-state index in [0.29, 0.717) is 0 Å². The first-order chi connectivity index (χ1) is 15.1. The van der Waals surface area contributed by atoms with Crippen LogP contribution >= 0.6 is 0 Å². The Kier molecular flexibility index (Phi) is 6.44. The molecule has 2 aromatic rings. The second-order valence-corrected chi connectivity index (χ2v) is 8.60. The number of amides is 3. The number of nitrogens with zero attached hydrogens (tertiary/aromatic N) is 3. The third-order valence-electron chi connectivity index (χ3n) is 6.46. The number of aromatic nitrogens is 1. The van der Waals surface area contributed by atoms with Crippen LogP contribution in [0.25, 0.3) is 0 Å². The molecule has 162 valence electrons. The minimum atomic E-state index is -1.14. The summed E-state index contributed by atoms with van der Waals surface area (Å²) in [7, 11) is 0. The van der Waals surface area contributed by atoms with E-state index in [1.807, 2.05) is 41.3 Å². The number of rotatable bonds is 5. The number of hydrogen-bond donors (Lipinski definition) is 0. The number of benzene rings is 1. The van der Waals surface area contributed by atoms with Crippen LogP contribution in [0, 0.1) is 0 Å². The van der Waals surface area contributed by atoms with Crippen LogP contribution in [0.1, 0.15) is 56.1 Å². The van der Waals surface area contributed by atoms with E-state index < -0.39 is 5.41 Å². The zero-order valence-electron chi connectivity index (χ0n) is 17.8. The molecule has 31 heavy (non-hydrogen) atoms. The zero-order chi connectivity index (χ0) is 21.7. The van der Waals surface area contributed by atoms with Crippen molar-refractivity contribution in [1.82, 2.24) is 14.8 Å². The van der Waals surface area contributed by atoms with E-state index in [4.69, 9.17) is 0 Å². The summed E-state index contributed by atoms with van der Waals surface area (Å²) < 4.78 is 0. The van der Waals surface area contributed by atoms with Crippen molar-refractivity contribution < 1.29 is 14.4 Å². The fourth-order valence-corrected chi connectivity index (χ4v) is 4.72. The van der Waals surface area contributed by atoms with Crippen LogP contribution in [0.3, 0.4) is 0 Å². The molecular formula is C25H29N3O3. The normalized spacial score (nSPS) is 22.3. The van der Waals surface area contributed by atoms with E-state index in [-0.39, 0.29) is 37.1 Å². The number of hydrogen-bond acceptors (Lipinski definition) is 4. The molecule has 6 heteroatoms. The van der Waals surface area contributed by atoms with E-state index in [1.54, 1.807) is 18.5 Å². The maximum absolute atomic E-state index is 13.7. The maximum Gasteiger partial charge on any atom is 0.241 e. The third kappa shape index (κ3) is 4.53. The largest absolute Gasteiger partial charge is 0.343 e. The van der Waals surface area contributed by atoms with Gasteiger partial charge in [-0.3, -0.25) is 24.3 Å². The van der Waals surface area contributed by atoms with Gasteiger partial charge >= 0.3 is 0 Å². The topological polar surface area (TPSA) is 70.6 Å². The van der Waals surface area contributed by atoms with Crippen LogP contribution < -0.4 is 0 Å². The lowest BCUT2D eigenvalue weighted by Crippen LogP contribution is -2.44. The van der Waals surface area contributed by atoms with E-state index in [9.17, 15) is 14.4 Å². The summed E-state index contributed by atoms with van der Waals surface area (Å²) in [5, 5.41) is 0. The molecule has 0 aliphatic carbocycles. The van der Waals surface area contributed by atoms with Gasteiger partial charge in [-0.2, -0.15) is 0 Å². The van der Waals surface area contributed by atoms with E-state index in [2.05, 4.69) is 4.98 Å². The third-order valence-corrected chi connectivity index (χ3v) is 6.46. The lowest BCUT2D eigenvalue weighted by molar-refractivity contribution is -0.143. The number of likely N-dealkylation sites (tertiary alicyclic amines) is 2. The van der Waals surface area contributed by atoms with Crippen molar-refractivity contribution in [3.63, 3.8) is 0 Å². The minimum Gasteiger partial charge on any atom is -0.343 e. The van der Waals surface area contributed by atoms with Gasteiger partial charge in [0.1, 0.15) is 0 Å². The maximum atomic E-state index is 13.7. The lowest BCUT2D eigenvalue weighted by atomic mass is 9.75. The molecule has 2 aliphatic heterocycles. The van der Waals surface area contributed by atoms with E-state index >= 15 is 0 Å². The predicted octanol–water partition coefficient (Wildman–Crippen LogP) is 3.46. The summed E-state index contributed by atoms with van der Waals surface area (Å²) in [5.41, 5.74) is 0.394. The van der Waals surface area contributed by atoms with Gasteiger partial charge in [-0.1, -0.05) is 55.7 Å². The molecular weight excluding hydrogens is 390 g/mol. The van der Waals surface area contributed by atoms with Crippen LogP contribution in [-0.2, 0) is 26.3 Å². The number of pyridine rings is 1. The van der Waals surface area contributed by atoms with Crippen LogP contribution in [0.5, 0.6) is 0 Å². The molecule has 0 radical (unpaired) electrons. The Hall–Kier alpha value is -3.02. The van der Waals surface area contributed by atoms with Crippen molar-refractivity contribution in [1.29, 1.82) is 0 Å². The molecule has 0 saturated carbocycles. The summed E-state index contributed by atoms with van der Waals surface area (Å²) >= 11 is 0. The fraction of sp³-hybridized carbons (Fsp3) is 0.440. The van der Waals surface area contributed by atoms with Crippen molar-refractivity contribution >= 4 is 17.7 Å². The standard InChI is InChI=1S/C25H29N3O3/c29-22(27-14-7-2-1-3-8-15-27)16-25(21-11-5-4-6-12-21)17-23(30)28(24(25)31)19-20-10-9-13-26-18-20/h4-6,9-13,18H,1-3,7-8,14-17,19H2/t25-/m0/s1.